The Hall–Kier alpha value is -2.87. The lowest BCUT2D eigenvalue weighted by atomic mass is 9.95. The van der Waals surface area contributed by atoms with Gasteiger partial charge in [-0.3, -0.25) is 19.6 Å². The number of benzene rings is 1. The summed E-state index contributed by atoms with van der Waals surface area (Å²) in [5.41, 5.74) is 1.88. The number of carbonyl (C=O) groups excluding carboxylic acids is 3. The second kappa shape index (κ2) is 9.89. The number of H-pyrrole nitrogens is 1. The zero-order valence-corrected chi connectivity index (χ0v) is 16.4. The molecule has 0 bridgehead atoms. The second-order valence-electron chi connectivity index (χ2n) is 7.29. The number of hydroxylamine groups is 2. The highest BCUT2D eigenvalue weighted by molar-refractivity contribution is 5.90. The van der Waals surface area contributed by atoms with E-state index in [2.05, 4.69) is 15.6 Å². The van der Waals surface area contributed by atoms with Gasteiger partial charge in [-0.15, -0.1) is 0 Å². The largest absolute Gasteiger partial charge is 0.361 e. The number of nitrogens with zero attached hydrogens (tertiary/aromatic N) is 1. The summed E-state index contributed by atoms with van der Waals surface area (Å²) >= 11 is 0. The van der Waals surface area contributed by atoms with Gasteiger partial charge in [-0.25, -0.2) is 5.06 Å². The molecule has 8 heteroatoms. The van der Waals surface area contributed by atoms with Crippen molar-refractivity contribution in [3.05, 3.63) is 36.0 Å². The van der Waals surface area contributed by atoms with Crippen LogP contribution in [-0.2, 0) is 20.8 Å². The third-order valence-electron chi connectivity index (χ3n) is 4.63. The molecule has 1 aromatic carbocycles. The van der Waals surface area contributed by atoms with E-state index in [0.717, 1.165) is 16.5 Å². The van der Waals surface area contributed by atoms with E-state index in [9.17, 15) is 19.6 Å². The maximum atomic E-state index is 12.8. The zero-order valence-electron chi connectivity index (χ0n) is 16.4. The lowest BCUT2D eigenvalue weighted by Crippen LogP contribution is -2.50. The fourth-order valence-corrected chi connectivity index (χ4v) is 3.30. The molecule has 0 aliphatic heterocycles. The van der Waals surface area contributed by atoms with Crippen molar-refractivity contribution in [2.24, 2.45) is 11.8 Å². The van der Waals surface area contributed by atoms with Gasteiger partial charge in [-0.1, -0.05) is 32.0 Å². The Morgan fingerprint density at radius 3 is 2.61 bits per heavy atom. The highest BCUT2D eigenvalue weighted by Crippen LogP contribution is 2.20. The number of nitrogens with one attached hydrogen (secondary N) is 3. The monoisotopic (exact) mass is 388 g/mol. The van der Waals surface area contributed by atoms with E-state index in [1.54, 1.807) is 0 Å². The normalized spacial score (nSPS) is 13.2. The van der Waals surface area contributed by atoms with Crippen molar-refractivity contribution in [3.63, 3.8) is 0 Å². The molecule has 0 aliphatic rings. The molecule has 0 saturated carbocycles. The van der Waals surface area contributed by atoms with Crippen molar-refractivity contribution < 1.29 is 19.6 Å². The number of rotatable bonds is 10. The Bertz CT molecular complexity index is 817. The van der Waals surface area contributed by atoms with Crippen LogP contribution in [0.15, 0.2) is 30.5 Å². The summed E-state index contributed by atoms with van der Waals surface area (Å²) in [4.78, 5) is 39.1. The van der Waals surface area contributed by atoms with Gasteiger partial charge in [-0.2, -0.15) is 0 Å². The molecule has 0 fully saturated rings. The molecule has 2 aromatic rings. The molecule has 4 N–H and O–H groups in total. The molecule has 28 heavy (non-hydrogen) atoms. The quantitative estimate of drug-likeness (QED) is 0.280. The van der Waals surface area contributed by atoms with Crippen molar-refractivity contribution in [1.29, 1.82) is 0 Å². The van der Waals surface area contributed by atoms with Crippen LogP contribution in [0.25, 0.3) is 10.9 Å². The van der Waals surface area contributed by atoms with E-state index in [4.69, 9.17) is 0 Å². The maximum Gasteiger partial charge on any atom is 0.242 e. The highest BCUT2D eigenvalue weighted by Gasteiger charge is 2.27. The molecule has 0 radical (unpaired) electrons. The molecule has 2 atom stereocenters. The SMILES string of the molecule is CNC(=O)[C@@H](Cc1c[nH]c2ccccc12)NC(=O)C(CC(C)C)CN(O)C=O. The number of fused-ring (bicyclic) bond motifs is 1. The molecular formula is C20H28N4O4. The first-order valence-corrected chi connectivity index (χ1v) is 9.33. The van der Waals surface area contributed by atoms with Gasteiger partial charge >= 0.3 is 0 Å². The number of aromatic amines is 1. The minimum absolute atomic E-state index is 0.124. The smallest absolute Gasteiger partial charge is 0.242 e. The van der Waals surface area contributed by atoms with Crippen molar-refractivity contribution in [2.45, 2.75) is 32.7 Å². The zero-order chi connectivity index (χ0) is 20.7. The number of carbonyl (C=O) groups is 3. The van der Waals surface area contributed by atoms with Crippen molar-refractivity contribution in [1.82, 2.24) is 20.7 Å². The number of hydrogen-bond acceptors (Lipinski definition) is 4. The standard InChI is InChI=1S/C20H28N4O4/c1-13(2)8-15(11-24(28)12-25)19(26)23-18(20(27)21-3)9-14-10-22-17-7-5-4-6-16(14)17/h4-7,10,12-13,15,18,22,28H,8-9,11H2,1-3H3,(H,21,27)(H,23,26)/t15?,18-/m1/s1. The lowest BCUT2D eigenvalue weighted by molar-refractivity contribution is -0.155. The topological polar surface area (TPSA) is 115 Å². The Morgan fingerprint density at radius 2 is 1.96 bits per heavy atom. The van der Waals surface area contributed by atoms with Crippen LogP contribution < -0.4 is 10.6 Å². The number of para-hydroxylation sites is 1. The molecule has 1 heterocycles. The van der Waals surface area contributed by atoms with Gasteiger partial charge in [0, 0.05) is 30.6 Å². The summed E-state index contributed by atoms with van der Waals surface area (Å²) in [6.07, 6.45) is 2.90. The fraction of sp³-hybridized carbons (Fsp3) is 0.450. The average Bonchev–Trinajstić information content (AvgIpc) is 3.08. The molecule has 8 nitrogen and oxygen atoms in total. The van der Waals surface area contributed by atoms with Gasteiger partial charge in [-0.05, 0) is 24.0 Å². The van der Waals surface area contributed by atoms with Crippen LogP contribution in [-0.4, -0.2) is 53.1 Å². The molecule has 3 amide bonds. The van der Waals surface area contributed by atoms with Crippen LogP contribution in [0.2, 0.25) is 0 Å². The van der Waals surface area contributed by atoms with E-state index in [-0.39, 0.29) is 30.7 Å². The van der Waals surface area contributed by atoms with Gasteiger partial charge in [0.2, 0.25) is 18.2 Å². The highest BCUT2D eigenvalue weighted by atomic mass is 16.5. The molecular weight excluding hydrogens is 360 g/mol. The summed E-state index contributed by atoms with van der Waals surface area (Å²) in [5.74, 6) is -1.12. The average molecular weight is 388 g/mol. The summed E-state index contributed by atoms with van der Waals surface area (Å²) in [6.45, 7) is 3.78. The van der Waals surface area contributed by atoms with Crippen LogP contribution in [0, 0.1) is 11.8 Å². The summed E-state index contributed by atoms with van der Waals surface area (Å²) in [5, 5.41) is 16.3. The lowest BCUT2D eigenvalue weighted by Gasteiger charge is -2.24. The van der Waals surface area contributed by atoms with Crippen LogP contribution >= 0.6 is 0 Å². The molecule has 2 rings (SSSR count). The number of amides is 3. The fourth-order valence-electron chi connectivity index (χ4n) is 3.30. The van der Waals surface area contributed by atoms with E-state index in [1.165, 1.54) is 7.05 Å². The van der Waals surface area contributed by atoms with Gasteiger partial charge in [0.25, 0.3) is 0 Å². The van der Waals surface area contributed by atoms with E-state index in [1.807, 2.05) is 44.3 Å². The van der Waals surface area contributed by atoms with E-state index >= 15 is 0 Å². The van der Waals surface area contributed by atoms with Gasteiger partial charge in [0.1, 0.15) is 6.04 Å². The summed E-state index contributed by atoms with van der Waals surface area (Å²) in [7, 11) is 1.52. The van der Waals surface area contributed by atoms with Crippen molar-refractivity contribution in [2.75, 3.05) is 13.6 Å². The van der Waals surface area contributed by atoms with Gasteiger partial charge in [0.05, 0.1) is 12.5 Å². The third kappa shape index (κ3) is 5.56. The first-order valence-electron chi connectivity index (χ1n) is 9.33. The van der Waals surface area contributed by atoms with Gasteiger partial charge < -0.3 is 15.6 Å². The molecule has 0 spiro atoms. The third-order valence-corrected chi connectivity index (χ3v) is 4.63. The Balaban J connectivity index is 2.18. The van der Waals surface area contributed by atoms with Crippen molar-refractivity contribution >= 4 is 29.1 Å². The van der Waals surface area contributed by atoms with Crippen LogP contribution in [0.5, 0.6) is 0 Å². The van der Waals surface area contributed by atoms with Gasteiger partial charge in [0.15, 0.2) is 0 Å². The second-order valence-corrected chi connectivity index (χ2v) is 7.29. The van der Waals surface area contributed by atoms with E-state index in [0.29, 0.717) is 17.9 Å². The summed E-state index contributed by atoms with van der Waals surface area (Å²) < 4.78 is 0. The first kappa shape index (κ1) is 21.4. The predicted molar refractivity (Wildman–Crippen MR) is 106 cm³/mol. The Morgan fingerprint density at radius 1 is 1.25 bits per heavy atom. The number of likely N-dealkylation sites (N-methyl/N-ethyl adjacent to an activating group) is 1. The van der Waals surface area contributed by atoms with Crippen molar-refractivity contribution in [3.8, 4) is 0 Å². The van der Waals surface area contributed by atoms with Crippen LogP contribution in [0.3, 0.4) is 0 Å². The molecule has 1 unspecified atom stereocenters. The molecule has 152 valence electrons. The molecule has 0 saturated heterocycles. The Labute approximate surface area is 164 Å². The molecule has 1 aromatic heterocycles. The first-order chi connectivity index (χ1) is 13.3. The number of hydrogen-bond donors (Lipinski definition) is 4. The predicted octanol–water partition coefficient (Wildman–Crippen LogP) is 1.45. The Kier molecular flexibility index (Phi) is 7.57. The van der Waals surface area contributed by atoms with E-state index < -0.39 is 12.0 Å². The number of aromatic nitrogens is 1. The minimum atomic E-state index is -0.769. The summed E-state index contributed by atoms with van der Waals surface area (Å²) in [6, 6.07) is 6.97. The molecule has 0 aliphatic carbocycles. The van der Waals surface area contributed by atoms with Crippen LogP contribution in [0.4, 0.5) is 0 Å². The van der Waals surface area contributed by atoms with Crippen LogP contribution in [0.1, 0.15) is 25.8 Å². The maximum absolute atomic E-state index is 12.8. The minimum Gasteiger partial charge on any atom is -0.361 e.